The molecule has 3 nitrogen and oxygen atoms in total. The average Bonchev–Trinajstić information content (AvgIpc) is 2.40. The fraction of sp³-hybridized carbons (Fsp3) is 0.333. The summed E-state index contributed by atoms with van der Waals surface area (Å²) in [6.45, 7) is 4.21. The Labute approximate surface area is 112 Å². The molecule has 1 aromatic rings. The molecule has 0 radical (unpaired) electrons. The van der Waals surface area contributed by atoms with Crippen LogP contribution in [-0.4, -0.2) is 12.5 Å². The fourth-order valence-corrected chi connectivity index (χ4v) is 1.55. The van der Waals surface area contributed by atoms with Crippen molar-refractivity contribution >= 4 is 12.0 Å². The van der Waals surface area contributed by atoms with Gasteiger partial charge in [0.25, 0.3) is 5.91 Å². The molecule has 0 aliphatic rings. The van der Waals surface area contributed by atoms with Crippen molar-refractivity contribution < 1.29 is 9.18 Å². The molecule has 1 aromatic carbocycles. The van der Waals surface area contributed by atoms with Crippen molar-refractivity contribution in [3.05, 3.63) is 40.7 Å². The van der Waals surface area contributed by atoms with Gasteiger partial charge in [-0.2, -0.15) is 5.26 Å². The minimum Gasteiger partial charge on any atom is -0.351 e. The zero-order valence-electron chi connectivity index (χ0n) is 11.2. The Morgan fingerprint density at radius 3 is 2.84 bits per heavy atom. The molecule has 0 fully saturated rings. The van der Waals surface area contributed by atoms with Crippen molar-refractivity contribution in [3.8, 4) is 6.07 Å². The molecule has 0 saturated heterocycles. The summed E-state index contributed by atoms with van der Waals surface area (Å²) < 4.78 is 13.1. The number of unbranched alkanes of at least 4 members (excludes halogenated alkanes) is 1. The molecule has 0 heterocycles. The van der Waals surface area contributed by atoms with Gasteiger partial charge in [-0.25, -0.2) is 4.39 Å². The molecule has 1 N–H and O–H groups in total. The largest absolute Gasteiger partial charge is 0.351 e. The maximum absolute atomic E-state index is 13.1. The molecule has 0 aliphatic heterocycles. The number of aryl methyl sites for hydroxylation is 1. The molecule has 0 aliphatic carbocycles. The van der Waals surface area contributed by atoms with E-state index in [2.05, 4.69) is 5.32 Å². The highest BCUT2D eigenvalue weighted by Gasteiger charge is 2.08. The van der Waals surface area contributed by atoms with Crippen LogP contribution >= 0.6 is 0 Å². The molecule has 0 aromatic heterocycles. The summed E-state index contributed by atoms with van der Waals surface area (Å²) in [5.41, 5.74) is 1.15. The van der Waals surface area contributed by atoms with Gasteiger partial charge in [0.1, 0.15) is 17.5 Å². The van der Waals surface area contributed by atoms with Crippen LogP contribution in [-0.2, 0) is 4.79 Å². The van der Waals surface area contributed by atoms with Gasteiger partial charge in [-0.1, -0.05) is 19.4 Å². The van der Waals surface area contributed by atoms with Crippen molar-refractivity contribution in [3.63, 3.8) is 0 Å². The highest BCUT2D eigenvalue weighted by molar-refractivity contribution is 6.01. The first-order chi connectivity index (χ1) is 9.08. The second-order valence-electron chi connectivity index (χ2n) is 4.29. The van der Waals surface area contributed by atoms with E-state index in [0.29, 0.717) is 17.7 Å². The number of nitrogens with zero attached hydrogens (tertiary/aromatic N) is 1. The summed E-state index contributed by atoms with van der Waals surface area (Å²) in [6.07, 6.45) is 3.32. The van der Waals surface area contributed by atoms with Crippen molar-refractivity contribution in [2.24, 2.45) is 0 Å². The lowest BCUT2D eigenvalue weighted by Crippen LogP contribution is -2.25. The average molecular weight is 260 g/mol. The van der Waals surface area contributed by atoms with E-state index in [-0.39, 0.29) is 11.4 Å². The van der Waals surface area contributed by atoms with Crippen LogP contribution in [0.4, 0.5) is 4.39 Å². The van der Waals surface area contributed by atoms with E-state index in [1.165, 1.54) is 12.1 Å². The first kappa shape index (κ1) is 14.9. The van der Waals surface area contributed by atoms with E-state index in [1.807, 2.05) is 13.0 Å². The number of benzene rings is 1. The Bertz CT molecular complexity index is 529. The molecule has 0 saturated carbocycles. The molecule has 100 valence electrons. The fourth-order valence-electron chi connectivity index (χ4n) is 1.55. The molecule has 0 spiro atoms. The smallest absolute Gasteiger partial charge is 0.261 e. The highest BCUT2D eigenvalue weighted by atomic mass is 19.1. The lowest BCUT2D eigenvalue weighted by molar-refractivity contribution is -0.117. The van der Waals surface area contributed by atoms with Crippen LogP contribution in [0, 0.1) is 24.1 Å². The number of halogens is 1. The summed E-state index contributed by atoms with van der Waals surface area (Å²) in [5, 5.41) is 11.7. The van der Waals surface area contributed by atoms with Crippen LogP contribution in [0.1, 0.15) is 30.9 Å². The van der Waals surface area contributed by atoms with Gasteiger partial charge in [0, 0.05) is 6.54 Å². The standard InChI is InChI=1S/C15H17FN2O/c1-3-4-7-18-15(19)13(10-17)9-12-5-6-14(16)11(2)8-12/h5-6,8-9H,3-4,7H2,1-2H3,(H,18,19)/b13-9-. The summed E-state index contributed by atoms with van der Waals surface area (Å²) in [6, 6.07) is 6.34. The number of carbonyl (C=O) groups excluding carboxylic acids is 1. The molecule has 0 bridgehead atoms. The topological polar surface area (TPSA) is 52.9 Å². The number of hydrogen-bond donors (Lipinski definition) is 1. The van der Waals surface area contributed by atoms with E-state index in [9.17, 15) is 9.18 Å². The second-order valence-corrected chi connectivity index (χ2v) is 4.29. The lowest BCUT2D eigenvalue weighted by Gasteiger charge is -2.03. The van der Waals surface area contributed by atoms with E-state index in [0.717, 1.165) is 12.8 Å². The van der Waals surface area contributed by atoms with Crippen LogP contribution < -0.4 is 5.32 Å². The van der Waals surface area contributed by atoms with Crippen molar-refractivity contribution in [1.29, 1.82) is 5.26 Å². The van der Waals surface area contributed by atoms with Gasteiger partial charge in [0.15, 0.2) is 0 Å². The number of nitrogens with one attached hydrogen (secondary N) is 1. The lowest BCUT2D eigenvalue weighted by atomic mass is 10.1. The predicted octanol–water partition coefficient (Wildman–Crippen LogP) is 2.96. The van der Waals surface area contributed by atoms with Crippen LogP contribution in [0.25, 0.3) is 6.08 Å². The Kier molecular flexibility index (Phi) is 5.74. The second kappa shape index (κ2) is 7.32. The van der Waals surface area contributed by atoms with E-state index in [4.69, 9.17) is 5.26 Å². The number of nitriles is 1. The zero-order valence-corrected chi connectivity index (χ0v) is 11.2. The Hall–Kier alpha value is -2.15. The number of rotatable bonds is 5. The Morgan fingerprint density at radius 2 is 2.26 bits per heavy atom. The maximum Gasteiger partial charge on any atom is 0.261 e. The van der Waals surface area contributed by atoms with Gasteiger partial charge < -0.3 is 5.32 Å². The third-order valence-electron chi connectivity index (χ3n) is 2.67. The van der Waals surface area contributed by atoms with Crippen LogP contribution in [0.3, 0.4) is 0 Å². The van der Waals surface area contributed by atoms with E-state index >= 15 is 0 Å². The van der Waals surface area contributed by atoms with Crippen molar-refractivity contribution in [2.75, 3.05) is 6.54 Å². The SMILES string of the molecule is CCCCNC(=O)/C(C#N)=C\c1ccc(F)c(C)c1. The highest BCUT2D eigenvalue weighted by Crippen LogP contribution is 2.12. The third kappa shape index (κ3) is 4.55. The first-order valence-electron chi connectivity index (χ1n) is 6.24. The van der Waals surface area contributed by atoms with E-state index in [1.54, 1.807) is 19.1 Å². The third-order valence-corrected chi connectivity index (χ3v) is 2.67. The van der Waals surface area contributed by atoms with Crippen molar-refractivity contribution in [2.45, 2.75) is 26.7 Å². The molecular formula is C15H17FN2O. The van der Waals surface area contributed by atoms with Gasteiger partial charge in [-0.05, 0) is 42.7 Å². The van der Waals surface area contributed by atoms with Crippen LogP contribution in [0.2, 0.25) is 0 Å². The minimum absolute atomic E-state index is 0.0297. The molecule has 0 atom stereocenters. The summed E-state index contributed by atoms with van der Waals surface area (Å²) in [4.78, 5) is 11.7. The molecule has 0 unspecified atom stereocenters. The van der Waals surface area contributed by atoms with E-state index < -0.39 is 5.91 Å². The Morgan fingerprint density at radius 1 is 1.53 bits per heavy atom. The monoisotopic (exact) mass is 260 g/mol. The summed E-state index contributed by atoms with van der Waals surface area (Å²) in [7, 11) is 0. The number of carbonyl (C=O) groups is 1. The summed E-state index contributed by atoms with van der Waals surface area (Å²) >= 11 is 0. The van der Waals surface area contributed by atoms with Crippen LogP contribution in [0.15, 0.2) is 23.8 Å². The first-order valence-corrected chi connectivity index (χ1v) is 6.24. The van der Waals surface area contributed by atoms with Gasteiger partial charge in [0.2, 0.25) is 0 Å². The van der Waals surface area contributed by atoms with Gasteiger partial charge in [-0.3, -0.25) is 4.79 Å². The van der Waals surface area contributed by atoms with Gasteiger partial charge in [0.05, 0.1) is 0 Å². The minimum atomic E-state index is -0.391. The number of amides is 1. The normalized spacial score (nSPS) is 10.9. The van der Waals surface area contributed by atoms with Crippen molar-refractivity contribution in [1.82, 2.24) is 5.32 Å². The maximum atomic E-state index is 13.1. The quantitative estimate of drug-likeness (QED) is 0.502. The number of hydrogen-bond acceptors (Lipinski definition) is 2. The Balaban J connectivity index is 2.84. The van der Waals surface area contributed by atoms with Gasteiger partial charge >= 0.3 is 0 Å². The van der Waals surface area contributed by atoms with Gasteiger partial charge in [-0.15, -0.1) is 0 Å². The molecule has 1 amide bonds. The molecule has 4 heteroatoms. The molecule has 1 rings (SSSR count). The molecular weight excluding hydrogens is 243 g/mol. The summed E-state index contributed by atoms with van der Waals surface area (Å²) in [5.74, 6) is -0.694. The predicted molar refractivity (Wildman–Crippen MR) is 72.6 cm³/mol. The molecule has 19 heavy (non-hydrogen) atoms. The van der Waals surface area contributed by atoms with Crippen LogP contribution in [0.5, 0.6) is 0 Å². The zero-order chi connectivity index (χ0) is 14.3.